The Labute approximate surface area is 162 Å². The highest BCUT2D eigenvalue weighted by Crippen LogP contribution is 2.18. The summed E-state index contributed by atoms with van der Waals surface area (Å²) in [6, 6.07) is 10.5. The molecule has 1 fully saturated rings. The number of nitrogens with zero attached hydrogens (tertiary/aromatic N) is 3. The van der Waals surface area contributed by atoms with Gasteiger partial charge in [-0.2, -0.15) is 0 Å². The summed E-state index contributed by atoms with van der Waals surface area (Å²) in [5, 5.41) is 3.13. The zero-order valence-corrected chi connectivity index (χ0v) is 16.6. The fourth-order valence-electron chi connectivity index (χ4n) is 3.64. The van der Waals surface area contributed by atoms with E-state index >= 15 is 0 Å². The first-order valence-electron chi connectivity index (χ1n) is 9.84. The Kier molecular flexibility index (Phi) is 6.50. The van der Waals surface area contributed by atoms with Crippen LogP contribution in [-0.4, -0.2) is 58.5 Å². The van der Waals surface area contributed by atoms with E-state index in [2.05, 4.69) is 51.5 Å². The summed E-state index contributed by atoms with van der Waals surface area (Å²) < 4.78 is 0. The van der Waals surface area contributed by atoms with Crippen molar-refractivity contribution in [3.05, 3.63) is 53.6 Å². The maximum absolute atomic E-state index is 13.1. The van der Waals surface area contributed by atoms with E-state index in [1.54, 1.807) is 6.20 Å². The largest absolute Gasteiger partial charge is 0.344 e. The molecule has 146 valence electrons. The van der Waals surface area contributed by atoms with E-state index in [1.807, 2.05) is 24.8 Å². The number of urea groups is 1. The van der Waals surface area contributed by atoms with E-state index < -0.39 is 0 Å². The minimum atomic E-state index is -0.142. The Morgan fingerprint density at radius 3 is 2.67 bits per heavy atom. The van der Waals surface area contributed by atoms with Crippen LogP contribution in [0.15, 0.2) is 36.5 Å². The van der Waals surface area contributed by atoms with Gasteiger partial charge in [-0.1, -0.05) is 30.3 Å². The Balaban J connectivity index is 1.66. The number of imidazole rings is 1. The smallest absolute Gasteiger partial charge is 0.318 e. The summed E-state index contributed by atoms with van der Waals surface area (Å²) in [5.41, 5.74) is 2.26. The summed E-state index contributed by atoms with van der Waals surface area (Å²) in [7, 11) is 2.14. The number of hydrogen-bond donors (Lipinski definition) is 2. The van der Waals surface area contributed by atoms with Gasteiger partial charge in [-0.15, -0.1) is 0 Å². The van der Waals surface area contributed by atoms with Gasteiger partial charge >= 0.3 is 6.03 Å². The van der Waals surface area contributed by atoms with Gasteiger partial charge in [-0.05, 0) is 58.8 Å². The van der Waals surface area contributed by atoms with Crippen molar-refractivity contribution in [2.75, 3.05) is 26.7 Å². The number of aromatic amines is 1. The molecule has 1 aliphatic rings. The third-order valence-corrected chi connectivity index (χ3v) is 5.35. The topological polar surface area (TPSA) is 64.3 Å². The lowest BCUT2D eigenvalue weighted by molar-refractivity contribution is 0.130. The number of hydrogen-bond acceptors (Lipinski definition) is 3. The quantitative estimate of drug-likeness (QED) is 0.822. The number of benzene rings is 1. The monoisotopic (exact) mass is 369 g/mol. The second kappa shape index (κ2) is 9.04. The third-order valence-electron chi connectivity index (χ3n) is 5.35. The number of rotatable bonds is 6. The summed E-state index contributed by atoms with van der Waals surface area (Å²) in [5.74, 6) is 0.798. The fourth-order valence-corrected chi connectivity index (χ4v) is 3.64. The molecule has 6 heteroatoms. The van der Waals surface area contributed by atoms with Crippen LogP contribution in [0.2, 0.25) is 0 Å². The van der Waals surface area contributed by atoms with E-state index in [1.165, 1.54) is 5.56 Å². The van der Waals surface area contributed by atoms with Gasteiger partial charge in [0.2, 0.25) is 0 Å². The minimum absolute atomic E-state index is 0.00189. The Morgan fingerprint density at radius 1 is 1.33 bits per heavy atom. The number of aryl methyl sites for hydroxylation is 1. The van der Waals surface area contributed by atoms with Crippen molar-refractivity contribution in [2.45, 2.75) is 45.2 Å². The Morgan fingerprint density at radius 2 is 2.04 bits per heavy atom. The first-order chi connectivity index (χ1) is 13.0. The minimum Gasteiger partial charge on any atom is -0.344 e. The van der Waals surface area contributed by atoms with E-state index in [9.17, 15) is 4.79 Å². The molecular weight excluding hydrogens is 338 g/mol. The van der Waals surface area contributed by atoms with Crippen molar-refractivity contribution in [1.29, 1.82) is 0 Å². The van der Waals surface area contributed by atoms with Crippen LogP contribution in [-0.2, 0) is 6.42 Å². The van der Waals surface area contributed by atoms with Crippen LogP contribution in [0.5, 0.6) is 0 Å². The molecule has 1 aromatic heterocycles. The Hall–Kier alpha value is -2.34. The molecule has 0 aliphatic carbocycles. The summed E-state index contributed by atoms with van der Waals surface area (Å²) in [6.07, 6.45) is 4.71. The number of aromatic nitrogens is 2. The second-order valence-electron chi connectivity index (χ2n) is 7.59. The average molecular weight is 370 g/mol. The summed E-state index contributed by atoms with van der Waals surface area (Å²) >= 11 is 0. The zero-order valence-electron chi connectivity index (χ0n) is 16.6. The molecule has 3 rings (SSSR count). The maximum atomic E-state index is 13.1. The molecule has 2 amide bonds. The van der Waals surface area contributed by atoms with Crippen LogP contribution in [0.25, 0.3) is 0 Å². The van der Waals surface area contributed by atoms with Gasteiger partial charge in [-0.25, -0.2) is 9.78 Å². The first kappa shape index (κ1) is 19.4. The van der Waals surface area contributed by atoms with Crippen LogP contribution in [0.1, 0.15) is 42.9 Å². The van der Waals surface area contributed by atoms with Crippen LogP contribution in [0.3, 0.4) is 0 Å². The highest BCUT2D eigenvalue weighted by Gasteiger charge is 2.28. The van der Waals surface area contributed by atoms with Crippen molar-refractivity contribution < 1.29 is 4.79 Å². The highest BCUT2D eigenvalue weighted by atomic mass is 16.2. The predicted molar refractivity (Wildman–Crippen MR) is 108 cm³/mol. The van der Waals surface area contributed by atoms with E-state index in [0.717, 1.165) is 50.4 Å². The molecule has 0 unspecified atom stereocenters. The first-order valence-corrected chi connectivity index (χ1v) is 9.84. The van der Waals surface area contributed by atoms with E-state index in [-0.39, 0.29) is 18.1 Å². The van der Waals surface area contributed by atoms with Crippen LogP contribution < -0.4 is 5.32 Å². The zero-order chi connectivity index (χ0) is 19.2. The molecule has 0 radical (unpaired) electrons. The molecule has 0 spiro atoms. The normalized spacial score (nSPS) is 16.9. The fraction of sp³-hybridized carbons (Fsp3) is 0.524. The number of H-pyrrole nitrogens is 1. The molecule has 27 heavy (non-hydrogen) atoms. The van der Waals surface area contributed by atoms with Crippen molar-refractivity contribution in [1.82, 2.24) is 25.1 Å². The second-order valence-corrected chi connectivity index (χ2v) is 7.59. The van der Waals surface area contributed by atoms with Crippen molar-refractivity contribution in [2.24, 2.45) is 0 Å². The van der Waals surface area contributed by atoms with E-state index in [4.69, 9.17) is 0 Å². The van der Waals surface area contributed by atoms with Gasteiger partial charge in [0.15, 0.2) is 0 Å². The SMILES string of the molecule is Cc1cnc([C@@H](C)NC(=O)N(CCc2ccccc2)C2CCN(C)CC2)[nH]1. The molecule has 1 aliphatic heterocycles. The highest BCUT2D eigenvalue weighted by molar-refractivity contribution is 5.75. The van der Waals surface area contributed by atoms with Gasteiger partial charge < -0.3 is 20.1 Å². The van der Waals surface area contributed by atoms with Crippen molar-refractivity contribution in [3.63, 3.8) is 0 Å². The van der Waals surface area contributed by atoms with Crippen molar-refractivity contribution >= 4 is 6.03 Å². The number of carbonyl (C=O) groups is 1. The molecule has 2 heterocycles. The average Bonchev–Trinajstić information content (AvgIpc) is 3.11. The molecule has 0 saturated carbocycles. The molecule has 0 bridgehead atoms. The lowest BCUT2D eigenvalue weighted by Crippen LogP contribution is -2.51. The molecule has 1 atom stereocenters. The molecule has 1 saturated heterocycles. The van der Waals surface area contributed by atoms with E-state index in [0.29, 0.717) is 0 Å². The molecular formula is C21H31N5O. The van der Waals surface area contributed by atoms with Gasteiger partial charge in [0.25, 0.3) is 0 Å². The molecule has 2 N–H and O–H groups in total. The molecule has 6 nitrogen and oxygen atoms in total. The van der Waals surface area contributed by atoms with Gasteiger partial charge in [0, 0.05) is 24.5 Å². The summed E-state index contributed by atoms with van der Waals surface area (Å²) in [6.45, 7) is 6.74. The summed E-state index contributed by atoms with van der Waals surface area (Å²) in [4.78, 5) is 25.0. The number of piperidine rings is 1. The molecule has 1 aromatic carbocycles. The standard InChI is InChI=1S/C21H31N5O/c1-16-15-22-20(23-16)17(2)24-21(27)26(19-10-12-25(3)13-11-19)14-9-18-7-5-4-6-8-18/h4-8,15,17,19H,9-14H2,1-3H3,(H,22,23)(H,24,27)/t17-/m1/s1. The number of carbonyl (C=O) groups excluding carboxylic acids is 1. The van der Waals surface area contributed by atoms with Crippen LogP contribution in [0, 0.1) is 6.92 Å². The predicted octanol–water partition coefficient (Wildman–Crippen LogP) is 3.13. The number of amides is 2. The van der Waals surface area contributed by atoms with Crippen LogP contribution >= 0.6 is 0 Å². The van der Waals surface area contributed by atoms with Crippen LogP contribution in [0.4, 0.5) is 4.79 Å². The van der Waals surface area contributed by atoms with Crippen molar-refractivity contribution in [3.8, 4) is 0 Å². The third kappa shape index (κ3) is 5.32. The maximum Gasteiger partial charge on any atom is 0.318 e. The van der Waals surface area contributed by atoms with Gasteiger partial charge in [0.1, 0.15) is 5.82 Å². The lowest BCUT2D eigenvalue weighted by Gasteiger charge is -2.37. The van der Waals surface area contributed by atoms with Gasteiger partial charge in [0.05, 0.1) is 6.04 Å². The number of nitrogens with one attached hydrogen (secondary N) is 2. The number of likely N-dealkylation sites (tertiary alicyclic amines) is 1. The lowest BCUT2D eigenvalue weighted by atomic mass is 10.0. The molecule has 2 aromatic rings. The van der Waals surface area contributed by atoms with Gasteiger partial charge in [-0.3, -0.25) is 0 Å². The Bertz CT molecular complexity index is 721.